The van der Waals surface area contributed by atoms with Gasteiger partial charge in [-0.2, -0.15) is 0 Å². The highest BCUT2D eigenvalue weighted by molar-refractivity contribution is 6.33. The zero-order valence-electron chi connectivity index (χ0n) is 9.95. The van der Waals surface area contributed by atoms with Crippen molar-refractivity contribution in [3.63, 3.8) is 0 Å². The summed E-state index contributed by atoms with van der Waals surface area (Å²) in [7, 11) is 1.09. The molecule has 0 spiro atoms. The SMILES string of the molecule is Cc1c([SiH3])ccc(Oc2ccccc2)c1C. The monoisotopic (exact) mass is 228 g/mol. The average Bonchev–Trinajstić information content (AvgIpc) is 2.31. The Morgan fingerprint density at radius 2 is 1.56 bits per heavy atom. The van der Waals surface area contributed by atoms with Gasteiger partial charge in [0.15, 0.2) is 0 Å². The zero-order valence-corrected chi connectivity index (χ0v) is 11.9. The number of hydrogen-bond acceptors (Lipinski definition) is 1. The first-order chi connectivity index (χ1) is 7.68. The Morgan fingerprint density at radius 1 is 0.875 bits per heavy atom. The zero-order chi connectivity index (χ0) is 11.5. The second-order valence-corrected chi connectivity index (χ2v) is 5.12. The second-order valence-electron chi connectivity index (χ2n) is 4.05. The summed E-state index contributed by atoms with van der Waals surface area (Å²) in [4.78, 5) is 0. The molecule has 0 N–H and O–H groups in total. The molecule has 82 valence electrons. The second kappa shape index (κ2) is 4.54. The Labute approximate surface area is 99.5 Å². The van der Waals surface area contributed by atoms with Crippen LogP contribution in [0.15, 0.2) is 42.5 Å². The third-order valence-electron chi connectivity index (χ3n) is 2.98. The molecule has 2 aromatic carbocycles. The van der Waals surface area contributed by atoms with Crippen LogP contribution in [0.4, 0.5) is 0 Å². The molecule has 2 heteroatoms. The van der Waals surface area contributed by atoms with Crippen molar-refractivity contribution in [3.05, 3.63) is 53.6 Å². The van der Waals surface area contributed by atoms with Gasteiger partial charge in [0.1, 0.15) is 11.5 Å². The number of ether oxygens (including phenoxy) is 1. The fourth-order valence-electron chi connectivity index (χ4n) is 1.66. The Hall–Kier alpha value is -1.54. The van der Waals surface area contributed by atoms with E-state index in [0.717, 1.165) is 21.7 Å². The minimum atomic E-state index is 0.895. The summed E-state index contributed by atoms with van der Waals surface area (Å²) in [6.07, 6.45) is 0. The minimum Gasteiger partial charge on any atom is -0.457 e. The maximum Gasteiger partial charge on any atom is 0.130 e. The number of para-hydroxylation sites is 1. The smallest absolute Gasteiger partial charge is 0.130 e. The van der Waals surface area contributed by atoms with Crippen LogP contribution in [-0.4, -0.2) is 10.2 Å². The van der Waals surface area contributed by atoms with Crippen molar-refractivity contribution in [2.45, 2.75) is 13.8 Å². The largest absolute Gasteiger partial charge is 0.457 e. The molecule has 0 aliphatic rings. The minimum absolute atomic E-state index is 0.895. The van der Waals surface area contributed by atoms with Crippen LogP contribution in [0.2, 0.25) is 0 Å². The molecule has 0 heterocycles. The molecular formula is C14H16OSi. The predicted octanol–water partition coefficient (Wildman–Crippen LogP) is 2.09. The first-order valence-corrected chi connectivity index (χ1v) is 6.48. The third-order valence-corrected chi connectivity index (χ3v) is 4.06. The lowest BCUT2D eigenvalue weighted by Crippen LogP contribution is -2.08. The van der Waals surface area contributed by atoms with Crippen molar-refractivity contribution in [1.29, 1.82) is 0 Å². The van der Waals surface area contributed by atoms with Crippen molar-refractivity contribution in [2.24, 2.45) is 0 Å². The van der Waals surface area contributed by atoms with Gasteiger partial charge < -0.3 is 4.74 Å². The van der Waals surface area contributed by atoms with Crippen LogP contribution in [0.3, 0.4) is 0 Å². The van der Waals surface area contributed by atoms with Crippen molar-refractivity contribution < 1.29 is 4.74 Å². The van der Waals surface area contributed by atoms with Gasteiger partial charge in [-0.25, -0.2) is 0 Å². The third kappa shape index (κ3) is 2.17. The maximum absolute atomic E-state index is 5.86. The van der Waals surface area contributed by atoms with E-state index in [2.05, 4.69) is 26.0 Å². The first-order valence-electron chi connectivity index (χ1n) is 5.48. The van der Waals surface area contributed by atoms with E-state index < -0.39 is 0 Å². The van der Waals surface area contributed by atoms with E-state index in [1.54, 1.807) is 0 Å². The van der Waals surface area contributed by atoms with Crippen molar-refractivity contribution in [2.75, 3.05) is 0 Å². The van der Waals surface area contributed by atoms with E-state index >= 15 is 0 Å². The molecule has 0 saturated carbocycles. The van der Waals surface area contributed by atoms with Gasteiger partial charge in [-0.3, -0.25) is 0 Å². The summed E-state index contributed by atoms with van der Waals surface area (Å²) < 4.78 is 5.86. The van der Waals surface area contributed by atoms with Crippen LogP contribution in [0, 0.1) is 13.8 Å². The van der Waals surface area contributed by atoms with Gasteiger partial charge in [-0.1, -0.05) is 29.5 Å². The average molecular weight is 228 g/mol. The summed E-state index contributed by atoms with van der Waals surface area (Å²) >= 11 is 0. The molecule has 2 aromatic rings. The molecule has 0 aliphatic heterocycles. The topological polar surface area (TPSA) is 9.23 Å². The highest BCUT2D eigenvalue weighted by atomic mass is 28.1. The van der Waals surface area contributed by atoms with Crippen molar-refractivity contribution in [3.8, 4) is 11.5 Å². The van der Waals surface area contributed by atoms with Crippen LogP contribution in [0.5, 0.6) is 11.5 Å². The van der Waals surface area contributed by atoms with Gasteiger partial charge in [0.25, 0.3) is 0 Å². The molecule has 0 atom stereocenters. The first kappa shape index (κ1) is 11.0. The molecule has 0 bridgehead atoms. The van der Waals surface area contributed by atoms with E-state index in [9.17, 15) is 0 Å². The van der Waals surface area contributed by atoms with Gasteiger partial charge in [0.2, 0.25) is 0 Å². The maximum atomic E-state index is 5.86. The molecule has 16 heavy (non-hydrogen) atoms. The van der Waals surface area contributed by atoms with Crippen LogP contribution in [0.1, 0.15) is 11.1 Å². The molecule has 0 unspecified atom stereocenters. The molecule has 0 amide bonds. The molecule has 1 nitrogen and oxygen atoms in total. The Bertz CT molecular complexity index is 492. The van der Waals surface area contributed by atoms with E-state index in [-0.39, 0.29) is 0 Å². The highest BCUT2D eigenvalue weighted by Crippen LogP contribution is 2.25. The van der Waals surface area contributed by atoms with Gasteiger partial charge in [0.05, 0.1) is 0 Å². The van der Waals surface area contributed by atoms with E-state index in [4.69, 9.17) is 4.74 Å². The van der Waals surface area contributed by atoms with Gasteiger partial charge in [-0.05, 0) is 43.2 Å². The van der Waals surface area contributed by atoms with E-state index in [0.29, 0.717) is 0 Å². The number of benzene rings is 2. The summed E-state index contributed by atoms with van der Waals surface area (Å²) in [5.74, 6) is 1.86. The fourth-order valence-corrected chi connectivity index (χ4v) is 2.20. The van der Waals surface area contributed by atoms with Crippen LogP contribution in [0.25, 0.3) is 0 Å². The summed E-state index contributed by atoms with van der Waals surface area (Å²) in [6, 6.07) is 14.1. The Balaban J connectivity index is 2.33. The lowest BCUT2D eigenvalue weighted by atomic mass is 10.1. The number of hydrogen-bond donors (Lipinski definition) is 0. The summed E-state index contributed by atoms with van der Waals surface area (Å²) in [5.41, 5.74) is 2.61. The predicted molar refractivity (Wildman–Crippen MR) is 72.0 cm³/mol. The standard InChI is InChI=1S/C14H16OSi/c1-10-11(2)14(16)9-8-13(10)15-12-6-4-3-5-7-12/h3-9H,1-2,16H3. The summed E-state index contributed by atoms with van der Waals surface area (Å²) in [5, 5.41) is 1.44. The lowest BCUT2D eigenvalue weighted by Gasteiger charge is -2.12. The summed E-state index contributed by atoms with van der Waals surface area (Å²) in [6.45, 7) is 4.28. The van der Waals surface area contributed by atoms with Crippen molar-refractivity contribution >= 4 is 15.4 Å². The van der Waals surface area contributed by atoms with Gasteiger partial charge in [-0.15, -0.1) is 0 Å². The van der Waals surface area contributed by atoms with Gasteiger partial charge in [0, 0.05) is 10.2 Å². The number of rotatable bonds is 2. The molecule has 0 saturated heterocycles. The highest BCUT2D eigenvalue weighted by Gasteiger charge is 2.05. The lowest BCUT2D eigenvalue weighted by molar-refractivity contribution is 0.478. The van der Waals surface area contributed by atoms with Gasteiger partial charge >= 0.3 is 0 Å². The molecule has 0 aromatic heterocycles. The molecule has 0 fully saturated rings. The quantitative estimate of drug-likeness (QED) is 0.715. The normalized spacial score (nSPS) is 10.4. The van der Waals surface area contributed by atoms with Crippen LogP contribution in [-0.2, 0) is 0 Å². The van der Waals surface area contributed by atoms with E-state index in [1.165, 1.54) is 16.3 Å². The van der Waals surface area contributed by atoms with Crippen LogP contribution >= 0.6 is 0 Å². The van der Waals surface area contributed by atoms with Crippen molar-refractivity contribution in [1.82, 2.24) is 0 Å². The molecule has 0 aliphatic carbocycles. The molecule has 0 radical (unpaired) electrons. The van der Waals surface area contributed by atoms with E-state index in [1.807, 2.05) is 30.3 Å². The van der Waals surface area contributed by atoms with Crippen LogP contribution < -0.4 is 9.92 Å². The molecule has 2 rings (SSSR count). The Kier molecular flexibility index (Phi) is 3.11. The fraction of sp³-hybridized carbons (Fsp3) is 0.143. The molecular weight excluding hydrogens is 212 g/mol. The Morgan fingerprint density at radius 3 is 2.25 bits per heavy atom.